The highest BCUT2D eigenvalue weighted by atomic mass is 32.1. The Bertz CT molecular complexity index is 1100. The van der Waals surface area contributed by atoms with Crippen molar-refractivity contribution < 1.29 is 14.3 Å². The van der Waals surface area contributed by atoms with Gasteiger partial charge in [0.2, 0.25) is 5.91 Å². The van der Waals surface area contributed by atoms with Gasteiger partial charge in [-0.25, -0.2) is 4.79 Å². The molecule has 2 aromatic carbocycles. The van der Waals surface area contributed by atoms with E-state index in [1.165, 1.54) is 5.56 Å². The fourth-order valence-corrected chi connectivity index (χ4v) is 4.85. The minimum Gasteiger partial charge on any atom is -0.463 e. The average molecular weight is 464 g/mol. The second kappa shape index (κ2) is 9.75. The normalized spacial score (nSPS) is 22.0. The summed E-state index contributed by atoms with van der Waals surface area (Å²) in [7, 11) is 0. The average Bonchev–Trinajstić information content (AvgIpc) is 3.61. The van der Waals surface area contributed by atoms with E-state index in [4.69, 9.17) is 17.0 Å². The van der Waals surface area contributed by atoms with Gasteiger partial charge in [-0.05, 0) is 68.6 Å². The van der Waals surface area contributed by atoms with Crippen molar-refractivity contribution in [3.63, 3.8) is 0 Å². The SMILES string of the molecule is CCOC(=O)C1=C(C)N(CC)C(=S)NC1c1cccc(NC(=O)C2CC2c2ccccc2)c1. The van der Waals surface area contributed by atoms with Crippen LogP contribution in [0.3, 0.4) is 0 Å². The Labute approximate surface area is 200 Å². The predicted octanol–water partition coefficient (Wildman–Crippen LogP) is 4.52. The van der Waals surface area contributed by atoms with Crippen molar-refractivity contribution >= 4 is 34.9 Å². The molecule has 1 aliphatic carbocycles. The highest BCUT2D eigenvalue weighted by Gasteiger charge is 2.44. The quantitative estimate of drug-likeness (QED) is 0.465. The number of carbonyl (C=O) groups excluding carboxylic acids is 2. The summed E-state index contributed by atoms with van der Waals surface area (Å²) in [6.07, 6.45) is 0.857. The second-order valence-corrected chi connectivity index (χ2v) is 8.71. The maximum Gasteiger partial charge on any atom is 0.338 e. The van der Waals surface area contributed by atoms with Crippen LogP contribution in [-0.4, -0.2) is 35.0 Å². The molecule has 0 radical (unpaired) electrons. The molecule has 1 aliphatic heterocycles. The fraction of sp³-hybridized carbons (Fsp3) is 0.346. The lowest BCUT2D eigenvalue weighted by Gasteiger charge is -2.37. The molecule has 6 nitrogen and oxygen atoms in total. The first-order valence-corrected chi connectivity index (χ1v) is 11.8. The van der Waals surface area contributed by atoms with Crippen LogP contribution in [0.2, 0.25) is 0 Å². The summed E-state index contributed by atoms with van der Waals surface area (Å²) in [5, 5.41) is 6.90. The first-order valence-electron chi connectivity index (χ1n) is 11.4. The van der Waals surface area contributed by atoms with Gasteiger partial charge in [-0.15, -0.1) is 0 Å². The molecule has 172 valence electrons. The van der Waals surface area contributed by atoms with Gasteiger partial charge in [0.1, 0.15) is 0 Å². The van der Waals surface area contributed by atoms with Gasteiger partial charge in [0.15, 0.2) is 5.11 Å². The zero-order valence-electron chi connectivity index (χ0n) is 19.1. The number of ether oxygens (including phenoxy) is 1. The number of hydrogen-bond acceptors (Lipinski definition) is 4. The molecule has 1 saturated carbocycles. The Morgan fingerprint density at radius 3 is 2.55 bits per heavy atom. The van der Waals surface area contributed by atoms with Crippen molar-refractivity contribution in [3.8, 4) is 0 Å². The molecule has 4 rings (SSSR count). The lowest BCUT2D eigenvalue weighted by Crippen LogP contribution is -2.47. The van der Waals surface area contributed by atoms with Crippen LogP contribution in [0.4, 0.5) is 5.69 Å². The molecule has 1 fully saturated rings. The van der Waals surface area contributed by atoms with Crippen molar-refractivity contribution in [1.82, 2.24) is 10.2 Å². The summed E-state index contributed by atoms with van der Waals surface area (Å²) in [6.45, 7) is 6.60. The number of carbonyl (C=O) groups is 2. The van der Waals surface area contributed by atoms with Crippen molar-refractivity contribution in [2.24, 2.45) is 5.92 Å². The highest BCUT2D eigenvalue weighted by Crippen LogP contribution is 2.48. The molecule has 1 amide bonds. The fourth-order valence-electron chi connectivity index (χ4n) is 4.47. The number of thiocarbonyl (C=S) groups is 1. The van der Waals surface area contributed by atoms with E-state index >= 15 is 0 Å². The topological polar surface area (TPSA) is 70.7 Å². The van der Waals surface area contributed by atoms with Gasteiger partial charge in [-0.1, -0.05) is 42.5 Å². The largest absolute Gasteiger partial charge is 0.463 e. The van der Waals surface area contributed by atoms with E-state index in [-0.39, 0.29) is 23.7 Å². The molecule has 0 spiro atoms. The number of rotatable bonds is 7. The summed E-state index contributed by atoms with van der Waals surface area (Å²) in [5.41, 5.74) is 4.04. The molecule has 33 heavy (non-hydrogen) atoms. The highest BCUT2D eigenvalue weighted by molar-refractivity contribution is 7.80. The Hall–Kier alpha value is -3.19. The van der Waals surface area contributed by atoms with Gasteiger partial charge in [0, 0.05) is 23.8 Å². The van der Waals surface area contributed by atoms with Crippen molar-refractivity contribution in [2.45, 2.75) is 39.2 Å². The molecule has 3 atom stereocenters. The third kappa shape index (κ3) is 4.78. The molecule has 1 heterocycles. The van der Waals surface area contributed by atoms with Gasteiger partial charge < -0.3 is 20.3 Å². The lowest BCUT2D eigenvalue weighted by atomic mass is 9.94. The van der Waals surface area contributed by atoms with E-state index in [0.29, 0.717) is 29.5 Å². The van der Waals surface area contributed by atoms with Gasteiger partial charge in [-0.3, -0.25) is 4.79 Å². The number of nitrogens with zero attached hydrogens (tertiary/aromatic N) is 1. The number of amides is 1. The maximum absolute atomic E-state index is 12.9. The van der Waals surface area contributed by atoms with Gasteiger partial charge in [0.05, 0.1) is 18.2 Å². The Balaban J connectivity index is 1.55. The van der Waals surface area contributed by atoms with E-state index in [1.807, 2.05) is 61.2 Å². The zero-order chi connectivity index (χ0) is 23.5. The van der Waals surface area contributed by atoms with Crippen LogP contribution in [0.15, 0.2) is 65.9 Å². The third-order valence-corrected chi connectivity index (χ3v) is 6.59. The van der Waals surface area contributed by atoms with E-state index in [2.05, 4.69) is 22.8 Å². The molecule has 2 aromatic rings. The van der Waals surface area contributed by atoms with E-state index in [9.17, 15) is 9.59 Å². The number of benzene rings is 2. The molecular formula is C26H29N3O3S. The van der Waals surface area contributed by atoms with Crippen LogP contribution < -0.4 is 10.6 Å². The van der Waals surface area contributed by atoms with Gasteiger partial charge >= 0.3 is 5.97 Å². The van der Waals surface area contributed by atoms with E-state index in [0.717, 1.165) is 17.7 Å². The molecule has 0 bridgehead atoms. The standard InChI is InChI=1S/C26H29N3O3S/c1-4-29-16(3)22(25(31)32-5-2)23(28-26(29)33)18-12-9-13-19(14-18)27-24(30)21-15-20(21)17-10-7-6-8-11-17/h6-14,20-21,23H,4-5,15H2,1-3H3,(H,27,30)(H,28,33). The Morgan fingerprint density at radius 2 is 1.85 bits per heavy atom. The van der Waals surface area contributed by atoms with Crippen molar-refractivity contribution in [3.05, 3.63) is 77.0 Å². The van der Waals surface area contributed by atoms with Crippen molar-refractivity contribution in [1.29, 1.82) is 0 Å². The van der Waals surface area contributed by atoms with E-state index in [1.54, 1.807) is 6.92 Å². The van der Waals surface area contributed by atoms with Crippen molar-refractivity contribution in [2.75, 3.05) is 18.5 Å². The summed E-state index contributed by atoms with van der Waals surface area (Å²) in [4.78, 5) is 27.6. The Kier molecular flexibility index (Phi) is 6.79. The Morgan fingerprint density at radius 1 is 1.12 bits per heavy atom. The molecule has 3 unspecified atom stereocenters. The summed E-state index contributed by atoms with van der Waals surface area (Å²) < 4.78 is 5.34. The van der Waals surface area contributed by atoms with Crippen LogP contribution >= 0.6 is 12.2 Å². The van der Waals surface area contributed by atoms with E-state index < -0.39 is 6.04 Å². The second-order valence-electron chi connectivity index (χ2n) is 8.32. The number of allylic oxidation sites excluding steroid dienone is 1. The first kappa shape index (κ1) is 23.0. The lowest BCUT2D eigenvalue weighted by molar-refractivity contribution is -0.139. The molecular weight excluding hydrogens is 434 g/mol. The first-order chi connectivity index (χ1) is 15.9. The van der Waals surface area contributed by atoms with Crippen LogP contribution in [0.25, 0.3) is 0 Å². The molecule has 0 aromatic heterocycles. The number of esters is 1. The monoisotopic (exact) mass is 463 g/mol. The van der Waals surface area contributed by atoms with Crippen LogP contribution in [-0.2, 0) is 14.3 Å². The summed E-state index contributed by atoms with van der Waals surface area (Å²) >= 11 is 5.55. The molecule has 2 N–H and O–H groups in total. The number of nitrogens with one attached hydrogen (secondary N) is 2. The smallest absolute Gasteiger partial charge is 0.338 e. The summed E-state index contributed by atoms with van der Waals surface area (Å²) in [6, 6.07) is 17.2. The van der Waals surface area contributed by atoms with Gasteiger partial charge in [-0.2, -0.15) is 0 Å². The van der Waals surface area contributed by atoms with Gasteiger partial charge in [0.25, 0.3) is 0 Å². The van der Waals surface area contributed by atoms with Crippen LogP contribution in [0.5, 0.6) is 0 Å². The third-order valence-electron chi connectivity index (χ3n) is 6.25. The predicted molar refractivity (Wildman–Crippen MR) is 133 cm³/mol. The van der Waals surface area contributed by atoms with Crippen LogP contribution in [0.1, 0.15) is 50.3 Å². The number of anilines is 1. The molecule has 0 saturated heterocycles. The van der Waals surface area contributed by atoms with Crippen LogP contribution in [0, 0.1) is 5.92 Å². The molecule has 7 heteroatoms. The minimum atomic E-state index is -0.450. The maximum atomic E-state index is 12.9. The number of hydrogen-bond donors (Lipinski definition) is 2. The minimum absolute atomic E-state index is 0.0163. The summed E-state index contributed by atoms with van der Waals surface area (Å²) in [5.74, 6) is -0.103. The zero-order valence-corrected chi connectivity index (χ0v) is 19.9. The molecule has 2 aliphatic rings.